The van der Waals surface area contributed by atoms with Crippen molar-refractivity contribution in [3.8, 4) is 5.75 Å². The normalized spacial score (nSPS) is 10.4. The summed E-state index contributed by atoms with van der Waals surface area (Å²) in [7, 11) is 1.66. The molecule has 0 atom stereocenters. The molecule has 0 spiro atoms. The second-order valence-corrected chi connectivity index (χ2v) is 4.14. The second-order valence-electron chi connectivity index (χ2n) is 4.14. The summed E-state index contributed by atoms with van der Waals surface area (Å²) in [4.78, 5) is 8.79. The Bertz CT molecular complexity index is 523. The van der Waals surface area contributed by atoms with Gasteiger partial charge in [-0.1, -0.05) is 12.1 Å². The molecule has 0 saturated carbocycles. The zero-order valence-corrected chi connectivity index (χ0v) is 10.7. The number of hydrogen-bond acceptors (Lipinski definition) is 4. The third-order valence-electron chi connectivity index (χ3n) is 2.84. The van der Waals surface area contributed by atoms with E-state index in [0.717, 1.165) is 28.4 Å². The van der Waals surface area contributed by atoms with E-state index in [1.165, 1.54) is 0 Å². The van der Waals surface area contributed by atoms with E-state index >= 15 is 0 Å². The van der Waals surface area contributed by atoms with E-state index in [-0.39, 0.29) is 0 Å². The summed E-state index contributed by atoms with van der Waals surface area (Å²) in [6, 6.07) is 7.91. The zero-order chi connectivity index (χ0) is 13.0. The molecule has 4 heteroatoms. The van der Waals surface area contributed by atoms with E-state index in [1.807, 2.05) is 37.4 Å². The SMILES string of the molecule is COc1ccc(Cc2ncc(C)c(CN)n2)cc1. The van der Waals surface area contributed by atoms with Crippen molar-refractivity contribution in [2.75, 3.05) is 7.11 Å². The van der Waals surface area contributed by atoms with Gasteiger partial charge >= 0.3 is 0 Å². The fraction of sp³-hybridized carbons (Fsp3) is 0.286. The predicted octanol–water partition coefficient (Wildman–Crippen LogP) is 1.84. The molecule has 1 heterocycles. The second kappa shape index (κ2) is 5.60. The predicted molar refractivity (Wildman–Crippen MR) is 70.5 cm³/mol. The molecule has 0 aliphatic carbocycles. The lowest BCUT2D eigenvalue weighted by molar-refractivity contribution is 0.414. The summed E-state index contributed by atoms with van der Waals surface area (Å²) in [5.74, 6) is 1.65. The molecule has 0 amide bonds. The Morgan fingerprint density at radius 2 is 1.94 bits per heavy atom. The van der Waals surface area contributed by atoms with Gasteiger partial charge in [0.25, 0.3) is 0 Å². The molecule has 0 aliphatic heterocycles. The van der Waals surface area contributed by atoms with Gasteiger partial charge in [0.05, 0.1) is 12.8 Å². The van der Waals surface area contributed by atoms with E-state index in [0.29, 0.717) is 13.0 Å². The van der Waals surface area contributed by atoms with Crippen LogP contribution in [0.5, 0.6) is 5.75 Å². The van der Waals surface area contributed by atoms with Crippen LogP contribution in [0.1, 0.15) is 22.6 Å². The van der Waals surface area contributed by atoms with Crippen molar-refractivity contribution in [1.82, 2.24) is 9.97 Å². The Labute approximate surface area is 107 Å². The zero-order valence-electron chi connectivity index (χ0n) is 10.7. The lowest BCUT2D eigenvalue weighted by Crippen LogP contribution is -2.07. The molecule has 2 N–H and O–H groups in total. The number of ether oxygens (including phenoxy) is 1. The van der Waals surface area contributed by atoms with Crippen LogP contribution in [0.15, 0.2) is 30.5 Å². The number of methoxy groups -OCH3 is 1. The number of benzene rings is 1. The molecule has 0 unspecified atom stereocenters. The monoisotopic (exact) mass is 243 g/mol. The molecule has 0 bridgehead atoms. The quantitative estimate of drug-likeness (QED) is 0.890. The van der Waals surface area contributed by atoms with Crippen molar-refractivity contribution in [2.45, 2.75) is 19.9 Å². The number of rotatable bonds is 4. The molecule has 0 saturated heterocycles. The van der Waals surface area contributed by atoms with Gasteiger partial charge < -0.3 is 10.5 Å². The summed E-state index contributed by atoms with van der Waals surface area (Å²) in [6.45, 7) is 2.42. The van der Waals surface area contributed by atoms with Crippen molar-refractivity contribution in [1.29, 1.82) is 0 Å². The van der Waals surface area contributed by atoms with Crippen LogP contribution in [-0.2, 0) is 13.0 Å². The number of aromatic nitrogens is 2. The van der Waals surface area contributed by atoms with E-state index in [4.69, 9.17) is 10.5 Å². The Morgan fingerprint density at radius 1 is 1.22 bits per heavy atom. The van der Waals surface area contributed by atoms with E-state index in [2.05, 4.69) is 9.97 Å². The molecule has 0 radical (unpaired) electrons. The molecule has 0 fully saturated rings. The highest BCUT2D eigenvalue weighted by Gasteiger charge is 2.04. The average molecular weight is 243 g/mol. The first-order chi connectivity index (χ1) is 8.72. The van der Waals surface area contributed by atoms with Gasteiger partial charge in [0.15, 0.2) is 0 Å². The third kappa shape index (κ3) is 2.84. The summed E-state index contributed by atoms with van der Waals surface area (Å²) in [5, 5.41) is 0. The number of hydrogen-bond donors (Lipinski definition) is 1. The Balaban J connectivity index is 2.17. The minimum Gasteiger partial charge on any atom is -0.497 e. The summed E-state index contributed by atoms with van der Waals surface area (Å²) < 4.78 is 5.12. The van der Waals surface area contributed by atoms with Crippen LogP contribution in [0, 0.1) is 6.92 Å². The first-order valence-electron chi connectivity index (χ1n) is 5.87. The Hall–Kier alpha value is -1.94. The van der Waals surface area contributed by atoms with Crippen LogP contribution in [0.3, 0.4) is 0 Å². The maximum atomic E-state index is 5.64. The molecular weight excluding hydrogens is 226 g/mol. The molecule has 18 heavy (non-hydrogen) atoms. The molecule has 4 nitrogen and oxygen atoms in total. The maximum absolute atomic E-state index is 5.64. The van der Waals surface area contributed by atoms with E-state index < -0.39 is 0 Å². The van der Waals surface area contributed by atoms with Gasteiger partial charge in [0.2, 0.25) is 0 Å². The Morgan fingerprint density at radius 3 is 2.56 bits per heavy atom. The molecule has 94 valence electrons. The molecule has 2 rings (SSSR count). The highest BCUT2D eigenvalue weighted by Crippen LogP contribution is 2.14. The van der Waals surface area contributed by atoms with Crippen LogP contribution in [0.2, 0.25) is 0 Å². The highest BCUT2D eigenvalue weighted by atomic mass is 16.5. The third-order valence-corrected chi connectivity index (χ3v) is 2.84. The summed E-state index contributed by atoms with van der Waals surface area (Å²) >= 11 is 0. The standard InChI is InChI=1S/C14H17N3O/c1-10-9-16-14(17-13(10)8-15)7-11-3-5-12(18-2)6-4-11/h3-6,9H,7-8,15H2,1-2H3. The lowest BCUT2D eigenvalue weighted by atomic mass is 10.1. The van der Waals surface area contributed by atoms with Gasteiger partial charge in [-0.25, -0.2) is 9.97 Å². The van der Waals surface area contributed by atoms with Crippen LogP contribution in [0.4, 0.5) is 0 Å². The summed E-state index contributed by atoms with van der Waals surface area (Å²) in [6.07, 6.45) is 2.53. The van der Waals surface area contributed by atoms with Crippen LogP contribution < -0.4 is 10.5 Å². The lowest BCUT2D eigenvalue weighted by Gasteiger charge is -2.06. The fourth-order valence-corrected chi connectivity index (χ4v) is 1.74. The molecule has 1 aromatic heterocycles. The van der Waals surface area contributed by atoms with Gasteiger partial charge in [-0.3, -0.25) is 0 Å². The van der Waals surface area contributed by atoms with Gasteiger partial charge in [0, 0.05) is 19.2 Å². The van der Waals surface area contributed by atoms with Crippen molar-refractivity contribution in [2.24, 2.45) is 5.73 Å². The average Bonchev–Trinajstić information content (AvgIpc) is 2.42. The number of nitrogens with zero attached hydrogens (tertiary/aromatic N) is 2. The maximum Gasteiger partial charge on any atom is 0.132 e. The smallest absolute Gasteiger partial charge is 0.132 e. The minimum absolute atomic E-state index is 0.448. The van der Waals surface area contributed by atoms with Crippen LogP contribution in [0.25, 0.3) is 0 Å². The number of aryl methyl sites for hydroxylation is 1. The van der Waals surface area contributed by atoms with Crippen molar-refractivity contribution >= 4 is 0 Å². The van der Waals surface area contributed by atoms with E-state index in [1.54, 1.807) is 7.11 Å². The number of nitrogens with two attached hydrogens (primary N) is 1. The summed E-state index contributed by atoms with van der Waals surface area (Å²) in [5.41, 5.74) is 8.75. The van der Waals surface area contributed by atoms with E-state index in [9.17, 15) is 0 Å². The van der Waals surface area contributed by atoms with Crippen molar-refractivity contribution < 1.29 is 4.74 Å². The van der Waals surface area contributed by atoms with Gasteiger partial charge in [-0.15, -0.1) is 0 Å². The van der Waals surface area contributed by atoms with Gasteiger partial charge in [-0.2, -0.15) is 0 Å². The molecule has 2 aromatic rings. The topological polar surface area (TPSA) is 61.0 Å². The first kappa shape index (κ1) is 12.5. The molecule has 0 aliphatic rings. The minimum atomic E-state index is 0.448. The molecule has 1 aromatic carbocycles. The largest absolute Gasteiger partial charge is 0.497 e. The van der Waals surface area contributed by atoms with Crippen LogP contribution in [-0.4, -0.2) is 17.1 Å². The Kier molecular flexibility index (Phi) is 3.89. The highest BCUT2D eigenvalue weighted by molar-refractivity contribution is 5.29. The van der Waals surface area contributed by atoms with Crippen molar-refractivity contribution in [3.63, 3.8) is 0 Å². The fourth-order valence-electron chi connectivity index (χ4n) is 1.74. The van der Waals surface area contributed by atoms with Gasteiger partial charge in [0.1, 0.15) is 11.6 Å². The first-order valence-corrected chi connectivity index (χ1v) is 5.87. The van der Waals surface area contributed by atoms with Crippen LogP contribution >= 0.6 is 0 Å². The van der Waals surface area contributed by atoms with Gasteiger partial charge in [-0.05, 0) is 30.2 Å². The molecular formula is C14H17N3O. The van der Waals surface area contributed by atoms with Crippen molar-refractivity contribution in [3.05, 3.63) is 53.1 Å².